The van der Waals surface area contributed by atoms with E-state index in [-0.39, 0.29) is 22.7 Å². The minimum Gasteiger partial charge on any atom is -0.464 e. The maximum Gasteiger partial charge on any atom is 0.198 e. The minimum absolute atomic E-state index is 0.239. The zero-order chi connectivity index (χ0) is 16.0. The molecule has 1 aromatic heterocycles. The van der Waals surface area contributed by atoms with E-state index in [2.05, 4.69) is 22.5 Å². The van der Waals surface area contributed by atoms with Gasteiger partial charge in [-0.1, -0.05) is 34.1 Å². The van der Waals surface area contributed by atoms with Crippen LogP contribution in [0.1, 0.15) is 32.0 Å². The predicted molar refractivity (Wildman–Crippen MR) is 91.5 cm³/mol. The van der Waals surface area contributed by atoms with Gasteiger partial charge in [-0.3, -0.25) is 9.59 Å². The number of fused-ring (bicyclic) bond motifs is 1. The molecular weight excluding hydrogens is 366 g/mol. The van der Waals surface area contributed by atoms with Crippen LogP contribution in [0.4, 0.5) is 0 Å². The van der Waals surface area contributed by atoms with E-state index in [1.54, 1.807) is 32.1 Å². The minimum atomic E-state index is -0.307. The number of benzene rings is 1. The van der Waals surface area contributed by atoms with Gasteiger partial charge >= 0.3 is 0 Å². The van der Waals surface area contributed by atoms with Crippen molar-refractivity contribution in [2.75, 3.05) is 0 Å². The molecule has 1 aliphatic rings. The predicted octanol–water partition coefficient (Wildman–Crippen LogP) is 3.61. The number of carbonyl (C=O) groups is 2. The normalized spacial score (nSPS) is 14.3. The molecule has 0 N–H and O–H groups in total. The highest BCUT2D eigenvalue weighted by Crippen LogP contribution is 2.38. The third-order valence-corrected chi connectivity index (χ3v) is 4.90. The van der Waals surface area contributed by atoms with Crippen LogP contribution in [-0.2, 0) is 0 Å². The fraction of sp³-hybridized carbons (Fsp3) is 0. The third-order valence-electron chi connectivity index (χ3n) is 3.58. The van der Waals surface area contributed by atoms with Crippen LogP contribution in [0.3, 0.4) is 0 Å². The number of hydrogen-bond donors (Lipinski definition) is 0. The first kappa shape index (κ1) is 15.1. The molecule has 0 saturated heterocycles. The van der Waals surface area contributed by atoms with Crippen molar-refractivity contribution in [3.8, 4) is 0 Å². The molecule has 2 aromatic rings. The highest BCUT2D eigenvalue weighted by atomic mass is 79.9. The van der Waals surface area contributed by atoms with Gasteiger partial charge in [0.2, 0.25) is 0 Å². The molecule has 0 atom stereocenters. The van der Waals surface area contributed by atoms with Crippen LogP contribution < -0.4 is 0 Å². The molecule has 1 aliphatic carbocycles. The van der Waals surface area contributed by atoms with Crippen molar-refractivity contribution in [2.24, 2.45) is 0 Å². The molecule has 22 heavy (non-hydrogen) atoms. The van der Waals surface area contributed by atoms with Crippen molar-refractivity contribution in [3.63, 3.8) is 0 Å². The van der Waals surface area contributed by atoms with Gasteiger partial charge in [-0.05, 0) is 29.7 Å². The number of carbonyl (C=O) groups excluding carboxylic acids is 2. The number of Topliss-reactive ketones (excluding diaryl/α,β-unsaturated/α-hetero) is 1. The van der Waals surface area contributed by atoms with Crippen LogP contribution in [0.2, 0.25) is 5.02 Å². The van der Waals surface area contributed by atoms with Gasteiger partial charge in [0.15, 0.2) is 11.6 Å². The number of ketones is 2. The molecule has 0 radical (unpaired) electrons. The van der Waals surface area contributed by atoms with Gasteiger partial charge in [0.1, 0.15) is 19.9 Å². The van der Waals surface area contributed by atoms with E-state index in [9.17, 15) is 9.59 Å². The largest absolute Gasteiger partial charge is 0.464 e. The molecule has 3 nitrogen and oxygen atoms in total. The summed E-state index contributed by atoms with van der Waals surface area (Å²) in [5.74, 6) is -0.186. The van der Waals surface area contributed by atoms with Crippen molar-refractivity contribution in [1.82, 2.24) is 0 Å². The first-order valence-corrected chi connectivity index (χ1v) is 7.61. The Morgan fingerprint density at radius 1 is 1.27 bits per heavy atom. The summed E-state index contributed by atoms with van der Waals surface area (Å²) in [4.78, 5) is 25.1. The zero-order valence-corrected chi connectivity index (χ0v) is 13.9. The van der Waals surface area contributed by atoms with E-state index < -0.39 is 0 Å². The van der Waals surface area contributed by atoms with Crippen LogP contribution in [0.25, 0.3) is 5.47 Å². The van der Waals surface area contributed by atoms with Crippen molar-refractivity contribution in [2.45, 2.75) is 0 Å². The van der Waals surface area contributed by atoms with Crippen LogP contribution >= 0.6 is 27.5 Å². The Hall–Kier alpha value is -1.85. The van der Waals surface area contributed by atoms with Gasteiger partial charge in [-0.25, -0.2) is 0 Å². The number of halogens is 2. The van der Waals surface area contributed by atoms with Crippen molar-refractivity contribution < 1.29 is 14.0 Å². The summed E-state index contributed by atoms with van der Waals surface area (Å²) < 4.78 is 6.06. The van der Waals surface area contributed by atoms with Crippen LogP contribution in [0.15, 0.2) is 51.6 Å². The Morgan fingerprint density at radius 3 is 2.55 bits per heavy atom. The molecule has 0 spiro atoms. The average Bonchev–Trinajstić information content (AvgIpc) is 2.96. The molecule has 108 valence electrons. The molecule has 1 aromatic carbocycles. The maximum absolute atomic E-state index is 12.6. The molecule has 0 amide bonds. The summed E-state index contributed by atoms with van der Waals surface area (Å²) >= 11 is 9.16. The SMILES string of the molecule is BC1=C(Br)C(=C)C(=O)c2c(C(=O)c3ccc(Cl)cc3)coc21. The van der Waals surface area contributed by atoms with Crippen molar-refractivity contribution in [3.05, 3.63) is 74.6 Å². The van der Waals surface area contributed by atoms with E-state index in [4.69, 9.17) is 16.0 Å². The summed E-state index contributed by atoms with van der Waals surface area (Å²) in [7, 11) is 1.81. The van der Waals surface area contributed by atoms with Gasteiger partial charge in [-0.2, -0.15) is 0 Å². The summed E-state index contributed by atoms with van der Waals surface area (Å²) in [5, 5.41) is 0.540. The second-order valence-electron chi connectivity index (χ2n) is 4.94. The zero-order valence-electron chi connectivity index (χ0n) is 11.6. The summed E-state index contributed by atoms with van der Waals surface area (Å²) in [6.45, 7) is 3.77. The Kier molecular flexibility index (Phi) is 3.71. The van der Waals surface area contributed by atoms with Crippen LogP contribution in [0, 0.1) is 0 Å². The number of furan rings is 1. The van der Waals surface area contributed by atoms with Crippen molar-refractivity contribution in [1.29, 1.82) is 0 Å². The molecule has 0 aliphatic heterocycles. The lowest BCUT2D eigenvalue weighted by molar-refractivity contribution is 0.100. The second kappa shape index (κ2) is 5.41. The summed E-state index contributed by atoms with van der Waals surface area (Å²) in [6.07, 6.45) is 1.32. The molecular formula is C16H9BBrClO3. The Labute approximate surface area is 141 Å². The van der Waals surface area contributed by atoms with Gasteiger partial charge in [-0.15, -0.1) is 0 Å². The molecule has 0 unspecified atom stereocenters. The van der Waals surface area contributed by atoms with Gasteiger partial charge in [0, 0.05) is 20.6 Å². The highest BCUT2D eigenvalue weighted by Gasteiger charge is 2.33. The summed E-state index contributed by atoms with van der Waals surface area (Å²) in [5.41, 5.74) is 2.01. The second-order valence-corrected chi connectivity index (χ2v) is 6.17. The number of hydrogen-bond acceptors (Lipinski definition) is 3. The van der Waals surface area contributed by atoms with Crippen LogP contribution in [-0.4, -0.2) is 19.4 Å². The number of rotatable bonds is 2. The van der Waals surface area contributed by atoms with Gasteiger partial charge < -0.3 is 4.42 Å². The molecule has 0 fully saturated rings. The van der Waals surface area contributed by atoms with E-state index >= 15 is 0 Å². The van der Waals surface area contributed by atoms with Crippen molar-refractivity contribution >= 4 is 52.4 Å². The lowest BCUT2D eigenvalue weighted by Gasteiger charge is -2.15. The molecule has 6 heteroatoms. The standard InChI is InChI=1S/C16H9BBrClO3/c1-7-13(18)12(17)16-11(14(7)20)10(6-22-16)15(21)8-2-4-9(19)5-3-8/h2-6H,1,17H2. The summed E-state index contributed by atoms with van der Waals surface area (Å²) in [6, 6.07) is 6.49. The first-order valence-electron chi connectivity index (χ1n) is 6.44. The number of allylic oxidation sites excluding steroid dienone is 2. The highest BCUT2D eigenvalue weighted by molar-refractivity contribution is 9.12. The molecule has 0 saturated carbocycles. The van der Waals surface area contributed by atoms with E-state index in [0.717, 1.165) is 5.47 Å². The first-order chi connectivity index (χ1) is 10.4. The maximum atomic E-state index is 12.6. The third kappa shape index (κ3) is 2.21. The Morgan fingerprint density at radius 2 is 1.91 bits per heavy atom. The van der Waals surface area contributed by atoms with Gasteiger partial charge in [0.25, 0.3) is 0 Å². The average molecular weight is 375 g/mol. The lowest BCUT2D eigenvalue weighted by Crippen LogP contribution is -2.15. The molecule has 0 bridgehead atoms. The monoisotopic (exact) mass is 374 g/mol. The molecule has 3 rings (SSSR count). The molecule has 1 heterocycles. The Bertz CT molecular complexity index is 862. The smallest absolute Gasteiger partial charge is 0.198 e. The topological polar surface area (TPSA) is 47.3 Å². The lowest BCUT2D eigenvalue weighted by atomic mass is 9.81. The fourth-order valence-electron chi connectivity index (χ4n) is 2.36. The van der Waals surface area contributed by atoms with Gasteiger partial charge in [0.05, 0.1) is 11.1 Å². The fourth-order valence-corrected chi connectivity index (χ4v) is 2.85. The quantitative estimate of drug-likeness (QED) is 0.458. The Balaban J connectivity index is 2.14. The van der Waals surface area contributed by atoms with E-state index in [0.29, 0.717) is 26.4 Å². The van der Waals surface area contributed by atoms with E-state index in [1.807, 2.05) is 0 Å². The van der Waals surface area contributed by atoms with Crippen LogP contribution in [0.5, 0.6) is 0 Å². The van der Waals surface area contributed by atoms with E-state index in [1.165, 1.54) is 6.26 Å².